The Morgan fingerprint density at radius 2 is 2.00 bits per heavy atom. The summed E-state index contributed by atoms with van der Waals surface area (Å²) in [4.78, 5) is 0. The minimum Gasteiger partial charge on any atom is -0.404 e. The first-order valence-electron chi connectivity index (χ1n) is 3.62. The Morgan fingerprint density at radius 3 is 2.50 bits per heavy atom. The van der Waals surface area contributed by atoms with Crippen LogP contribution in [0.2, 0.25) is 0 Å². The Bertz CT molecular complexity index is 327. The molecule has 78 valence electrons. The van der Waals surface area contributed by atoms with Crippen molar-refractivity contribution < 1.29 is 17.9 Å². The molecule has 1 rings (SSSR count). The van der Waals surface area contributed by atoms with Gasteiger partial charge in [-0.1, -0.05) is 6.07 Å². The van der Waals surface area contributed by atoms with Gasteiger partial charge in [-0.3, -0.25) is 0 Å². The average Bonchev–Trinajstić information content (AvgIpc) is 2.06. The lowest BCUT2D eigenvalue weighted by atomic mass is 10.2. The van der Waals surface area contributed by atoms with Crippen LogP contribution in [0, 0.1) is 0 Å². The van der Waals surface area contributed by atoms with Crippen molar-refractivity contribution in [3.05, 3.63) is 23.8 Å². The van der Waals surface area contributed by atoms with E-state index in [9.17, 15) is 13.2 Å². The highest BCUT2D eigenvalue weighted by atomic mass is 35.5. The molecule has 0 atom stereocenters. The second-order valence-corrected chi connectivity index (χ2v) is 2.82. The lowest BCUT2D eigenvalue weighted by molar-refractivity contribution is -0.274. The highest BCUT2D eigenvalue weighted by Gasteiger charge is 2.31. The van der Waals surface area contributed by atoms with E-state index in [1.807, 2.05) is 0 Å². The first kappa shape index (κ1) is 11.0. The van der Waals surface area contributed by atoms with E-state index in [-0.39, 0.29) is 11.6 Å². The first-order chi connectivity index (χ1) is 6.42. The Morgan fingerprint density at radius 1 is 1.36 bits per heavy atom. The Hall–Kier alpha value is -1.10. The molecule has 0 aliphatic rings. The molecule has 1 aromatic carbocycles. The van der Waals surface area contributed by atoms with Crippen molar-refractivity contribution in [2.45, 2.75) is 12.2 Å². The number of anilines is 1. The van der Waals surface area contributed by atoms with Crippen LogP contribution in [0.3, 0.4) is 0 Å². The monoisotopic (exact) mass is 225 g/mol. The second kappa shape index (κ2) is 3.96. The van der Waals surface area contributed by atoms with Gasteiger partial charge in [0.1, 0.15) is 0 Å². The average molecular weight is 226 g/mol. The SMILES string of the molecule is Nc1ccc(CCl)cc1OC(F)(F)F. The van der Waals surface area contributed by atoms with Crippen molar-refractivity contribution in [2.24, 2.45) is 0 Å². The summed E-state index contributed by atoms with van der Waals surface area (Å²) in [5.74, 6) is -0.315. The zero-order valence-electron chi connectivity index (χ0n) is 6.94. The lowest BCUT2D eigenvalue weighted by Crippen LogP contribution is -2.18. The molecule has 6 heteroatoms. The van der Waals surface area contributed by atoms with E-state index >= 15 is 0 Å². The van der Waals surface area contributed by atoms with Gasteiger partial charge in [-0.15, -0.1) is 24.8 Å². The van der Waals surface area contributed by atoms with Gasteiger partial charge in [-0.05, 0) is 17.7 Å². The van der Waals surface area contributed by atoms with E-state index in [0.717, 1.165) is 6.07 Å². The van der Waals surface area contributed by atoms with Gasteiger partial charge in [-0.25, -0.2) is 0 Å². The minimum absolute atomic E-state index is 0.0730. The maximum atomic E-state index is 11.8. The summed E-state index contributed by atoms with van der Waals surface area (Å²) in [5, 5.41) is 0. The summed E-state index contributed by atoms with van der Waals surface area (Å²) in [5.41, 5.74) is 5.72. The topological polar surface area (TPSA) is 35.2 Å². The van der Waals surface area contributed by atoms with Crippen molar-refractivity contribution in [1.29, 1.82) is 0 Å². The zero-order valence-corrected chi connectivity index (χ0v) is 7.69. The van der Waals surface area contributed by atoms with Gasteiger partial charge < -0.3 is 10.5 Å². The van der Waals surface area contributed by atoms with Crippen LogP contribution in [-0.4, -0.2) is 6.36 Å². The van der Waals surface area contributed by atoms with Gasteiger partial charge >= 0.3 is 6.36 Å². The van der Waals surface area contributed by atoms with Crippen LogP contribution < -0.4 is 10.5 Å². The summed E-state index contributed by atoms with van der Waals surface area (Å²) in [6, 6.07) is 4.01. The predicted molar refractivity (Wildman–Crippen MR) is 47.1 cm³/mol. The van der Waals surface area contributed by atoms with E-state index in [4.69, 9.17) is 17.3 Å². The molecule has 0 spiro atoms. The van der Waals surface area contributed by atoms with Crippen LogP contribution in [0.1, 0.15) is 5.56 Å². The summed E-state index contributed by atoms with van der Waals surface area (Å²) in [7, 11) is 0. The fourth-order valence-electron chi connectivity index (χ4n) is 0.875. The Balaban J connectivity index is 2.95. The molecule has 0 heterocycles. The highest BCUT2D eigenvalue weighted by Crippen LogP contribution is 2.29. The minimum atomic E-state index is -4.74. The number of nitrogens with two attached hydrogens (primary N) is 1. The van der Waals surface area contributed by atoms with Gasteiger partial charge in [0.05, 0.1) is 5.69 Å². The van der Waals surface area contributed by atoms with Crippen LogP contribution in [0.5, 0.6) is 5.75 Å². The van der Waals surface area contributed by atoms with Gasteiger partial charge in [0, 0.05) is 5.88 Å². The molecule has 0 aromatic heterocycles. The highest BCUT2D eigenvalue weighted by molar-refractivity contribution is 6.17. The molecule has 0 aliphatic carbocycles. The third-order valence-electron chi connectivity index (χ3n) is 1.46. The fraction of sp³-hybridized carbons (Fsp3) is 0.250. The van der Waals surface area contributed by atoms with E-state index in [1.165, 1.54) is 12.1 Å². The summed E-state index contributed by atoms with van der Waals surface area (Å²) < 4.78 is 39.2. The molecule has 0 fully saturated rings. The number of rotatable bonds is 2. The maximum Gasteiger partial charge on any atom is 0.573 e. The third kappa shape index (κ3) is 2.99. The van der Waals surface area contributed by atoms with Crippen LogP contribution in [0.4, 0.5) is 18.9 Å². The van der Waals surface area contributed by atoms with Crippen molar-refractivity contribution in [2.75, 3.05) is 5.73 Å². The molecule has 0 aliphatic heterocycles. The number of ether oxygens (including phenoxy) is 1. The smallest absolute Gasteiger partial charge is 0.404 e. The van der Waals surface area contributed by atoms with Crippen molar-refractivity contribution in [3.63, 3.8) is 0 Å². The van der Waals surface area contributed by atoms with Gasteiger partial charge in [0.25, 0.3) is 0 Å². The number of halogens is 4. The molecule has 2 nitrogen and oxygen atoms in total. The zero-order chi connectivity index (χ0) is 10.8. The normalized spacial score (nSPS) is 11.4. The third-order valence-corrected chi connectivity index (χ3v) is 1.77. The molecule has 14 heavy (non-hydrogen) atoms. The van der Waals surface area contributed by atoms with Gasteiger partial charge in [0.15, 0.2) is 5.75 Å². The molecule has 0 unspecified atom stereocenters. The molecule has 0 saturated heterocycles. The molecule has 0 bridgehead atoms. The van der Waals surface area contributed by atoms with Crippen LogP contribution in [0.15, 0.2) is 18.2 Å². The number of benzene rings is 1. The molecule has 2 N–H and O–H groups in total. The number of nitrogen functional groups attached to an aromatic ring is 1. The van der Waals surface area contributed by atoms with E-state index < -0.39 is 12.1 Å². The maximum absolute atomic E-state index is 11.8. The Kier molecular flexibility index (Phi) is 3.10. The quantitative estimate of drug-likeness (QED) is 0.621. The van der Waals surface area contributed by atoms with E-state index in [1.54, 1.807) is 0 Å². The van der Waals surface area contributed by atoms with Crippen molar-refractivity contribution >= 4 is 17.3 Å². The molecular weight excluding hydrogens is 219 g/mol. The summed E-state index contributed by atoms with van der Waals surface area (Å²) in [6.45, 7) is 0. The molecule has 0 amide bonds. The van der Waals surface area contributed by atoms with Crippen LogP contribution >= 0.6 is 11.6 Å². The standard InChI is InChI=1S/C8H7ClF3NO/c9-4-5-1-2-6(13)7(3-5)14-8(10,11)12/h1-3H,4,13H2. The largest absolute Gasteiger partial charge is 0.573 e. The number of alkyl halides is 4. The lowest BCUT2D eigenvalue weighted by Gasteiger charge is -2.11. The van der Waals surface area contributed by atoms with Crippen LogP contribution in [-0.2, 0) is 5.88 Å². The molecule has 0 radical (unpaired) electrons. The molecule has 0 saturated carbocycles. The van der Waals surface area contributed by atoms with E-state index in [2.05, 4.69) is 4.74 Å². The van der Waals surface area contributed by atoms with Crippen molar-refractivity contribution in [3.8, 4) is 5.75 Å². The van der Waals surface area contributed by atoms with Crippen LogP contribution in [0.25, 0.3) is 0 Å². The predicted octanol–water partition coefficient (Wildman–Crippen LogP) is 2.91. The fourth-order valence-corrected chi connectivity index (χ4v) is 1.04. The summed E-state index contributed by atoms with van der Waals surface area (Å²) >= 11 is 5.44. The summed E-state index contributed by atoms with van der Waals surface area (Å²) in [6.07, 6.45) is -4.74. The second-order valence-electron chi connectivity index (χ2n) is 2.55. The first-order valence-corrected chi connectivity index (χ1v) is 4.16. The van der Waals surface area contributed by atoms with Gasteiger partial charge in [0.2, 0.25) is 0 Å². The molecular formula is C8H7ClF3NO. The molecule has 1 aromatic rings. The number of hydrogen-bond donors (Lipinski definition) is 1. The van der Waals surface area contributed by atoms with E-state index in [0.29, 0.717) is 5.56 Å². The van der Waals surface area contributed by atoms with Crippen molar-refractivity contribution in [1.82, 2.24) is 0 Å². The Labute approximate surface area is 83.4 Å². The number of hydrogen-bond acceptors (Lipinski definition) is 2. The van der Waals surface area contributed by atoms with Gasteiger partial charge in [-0.2, -0.15) is 0 Å².